The summed E-state index contributed by atoms with van der Waals surface area (Å²) in [5.74, 6) is -2.35. The van der Waals surface area contributed by atoms with Crippen molar-refractivity contribution in [3.63, 3.8) is 0 Å². The zero-order valence-electron chi connectivity index (χ0n) is 16.3. The number of amides is 1. The van der Waals surface area contributed by atoms with Gasteiger partial charge in [-0.2, -0.15) is 0 Å². The van der Waals surface area contributed by atoms with Crippen LogP contribution in [0.25, 0.3) is 0 Å². The van der Waals surface area contributed by atoms with Crippen molar-refractivity contribution in [1.29, 1.82) is 0 Å². The third-order valence-corrected chi connectivity index (χ3v) is 6.59. The van der Waals surface area contributed by atoms with Crippen molar-refractivity contribution in [1.82, 2.24) is 9.62 Å². The predicted molar refractivity (Wildman–Crippen MR) is 108 cm³/mol. The third kappa shape index (κ3) is 5.51. The molecule has 0 heterocycles. The molecule has 0 aromatic heterocycles. The Morgan fingerprint density at radius 3 is 2.31 bits per heavy atom. The van der Waals surface area contributed by atoms with Crippen LogP contribution in [0.1, 0.15) is 25.5 Å². The lowest BCUT2D eigenvalue weighted by Gasteiger charge is -2.20. The first-order chi connectivity index (χ1) is 13.4. The molecule has 0 spiro atoms. The summed E-state index contributed by atoms with van der Waals surface area (Å²) in [4.78, 5) is 12.4. The van der Waals surface area contributed by atoms with Gasteiger partial charge in [-0.25, -0.2) is 21.5 Å². The maximum atomic E-state index is 13.4. The molecule has 0 aliphatic rings. The van der Waals surface area contributed by atoms with E-state index in [1.54, 1.807) is 13.8 Å². The molecule has 1 amide bonds. The van der Waals surface area contributed by atoms with Crippen molar-refractivity contribution in [2.75, 3.05) is 19.4 Å². The summed E-state index contributed by atoms with van der Waals surface area (Å²) in [5, 5.41) is 5.64. The Labute approximate surface area is 173 Å². The molecular formula is C19H22ClF2N3O3S. The highest BCUT2D eigenvalue weighted by Crippen LogP contribution is 2.27. The van der Waals surface area contributed by atoms with Crippen LogP contribution in [0.4, 0.5) is 14.5 Å². The van der Waals surface area contributed by atoms with E-state index >= 15 is 0 Å². The van der Waals surface area contributed by atoms with E-state index in [0.717, 1.165) is 16.4 Å². The van der Waals surface area contributed by atoms with E-state index in [1.165, 1.54) is 38.4 Å². The maximum Gasteiger partial charge on any atom is 0.244 e. The van der Waals surface area contributed by atoms with Crippen molar-refractivity contribution in [2.45, 2.75) is 30.8 Å². The third-order valence-electron chi connectivity index (χ3n) is 4.29. The molecule has 0 bridgehead atoms. The summed E-state index contributed by atoms with van der Waals surface area (Å²) < 4.78 is 52.2. The van der Waals surface area contributed by atoms with Crippen LogP contribution in [0.3, 0.4) is 0 Å². The monoisotopic (exact) mass is 445 g/mol. The van der Waals surface area contributed by atoms with Crippen LogP contribution in [-0.2, 0) is 14.8 Å². The van der Waals surface area contributed by atoms with Gasteiger partial charge in [-0.1, -0.05) is 17.7 Å². The summed E-state index contributed by atoms with van der Waals surface area (Å²) in [6.07, 6.45) is 0. The van der Waals surface area contributed by atoms with Gasteiger partial charge in [-0.15, -0.1) is 0 Å². The van der Waals surface area contributed by atoms with Gasteiger partial charge < -0.3 is 5.32 Å². The molecule has 0 radical (unpaired) electrons. The van der Waals surface area contributed by atoms with Crippen molar-refractivity contribution in [3.8, 4) is 0 Å². The minimum atomic E-state index is -3.78. The van der Waals surface area contributed by atoms with Gasteiger partial charge in [0, 0.05) is 25.8 Å². The smallest absolute Gasteiger partial charge is 0.244 e. The lowest BCUT2D eigenvalue weighted by atomic mass is 10.1. The molecule has 2 aromatic rings. The molecule has 0 saturated carbocycles. The summed E-state index contributed by atoms with van der Waals surface area (Å²) >= 11 is 6.00. The molecule has 2 rings (SSSR count). The van der Waals surface area contributed by atoms with Gasteiger partial charge in [0.25, 0.3) is 0 Å². The molecule has 2 atom stereocenters. The summed E-state index contributed by atoms with van der Waals surface area (Å²) in [7, 11) is -1.03. The Balaban J connectivity index is 2.12. The molecule has 0 saturated heterocycles. The largest absolute Gasteiger partial charge is 0.325 e. The van der Waals surface area contributed by atoms with Crippen LogP contribution in [0, 0.1) is 11.6 Å². The average Bonchev–Trinajstić information content (AvgIpc) is 2.64. The molecule has 2 aromatic carbocycles. The first-order valence-electron chi connectivity index (χ1n) is 8.67. The van der Waals surface area contributed by atoms with E-state index in [9.17, 15) is 22.0 Å². The second kappa shape index (κ2) is 9.17. The number of hydrogen-bond acceptors (Lipinski definition) is 4. The van der Waals surface area contributed by atoms with E-state index in [1.807, 2.05) is 0 Å². The van der Waals surface area contributed by atoms with Gasteiger partial charge in [0.2, 0.25) is 15.9 Å². The van der Waals surface area contributed by atoms with Gasteiger partial charge in [0.05, 0.1) is 11.1 Å². The molecule has 29 heavy (non-hydrogen) atoms. The van der Waals surface area contributed by atoms with E-state index in [4.69, 9.17) is 11.6 Å². The predicted octanol–water partition coefficient (Wildman–Crippen LogP) is 3.55. The molecule has 158 valence electrons. The van der Waals surface area contributed by atoms with Crippen molar-refractivity contribution < 1.29 is 22.0 Å². The van der Waals surface area contributed by atoms with Gasteiger partial charge in [0.15, 0.2) is 11.6 Å². The molecule has 0 aliphatic carbocycles. The molecular weight excluding hydrogens is 424 g/mol. The minimum absolute atomic E-state index is 0.0369. The van der Waals surface area contributed by atoms with Crippen LogP contribution in [0.15, 0.2) is 41.3 Å². The molecule has 0 aliphatic heterocycles. The Morgan fingerprint density at radius 2 is 1.72 bits per heavy atom. The summed E-state index contributed by atoms with van der Waals surface area (Å²) in [6, 6.07) is 6.53. The van der Waals surface area contributed by atoms with Crippen molar-refractivity contribution in [2.24, 2.45) is 0 Å². The topological polar surface area (TPSA) is 78.5 Å². The van der Waals surface area contributed by atoms with E-state index in [2.05, 4.69) is 10.6 Å². The van der Waals surface area contributed by atoms with Crippen LogP contribution < -0.4 is 10.6 Å². The van der Waals surface area contributed by atoms with E-state index in [0.29, 0.717) is 5.56 Å². The first kappa shape index (κ1) is 23.2. The van der Waals surface area contributed by atoms with E-state index in [-0.39, 0.29) is 15.6 Å². The van der Waals surface area contributed by atoms with Crippen LogP contribution in [0.2, 0.25) is 5.02 Å². The number of rotatable bonds is 7. The van der Waals surface area contributed by atoms with Gasteiger partial charge >= 0.3 is 0 Å². The quantitative estimate of drug-likeness (QED) is 0.683. The second-order valence-corrected chi connectivity index (χ2v) is 9.23. The maximum absolute atomic E-state index is 13.4. The van der Waals surface area contributed by atoms with Crippen LogP contribution in [0.5, 0.6) is 0 Å². The Hall–Kier alpha value is -2.07. The summed E-state index contributed by atoms with van der Waals surface area (Å²) in [6.45, 7) is 3.31. The minimum Gasteiger partial charge on any atom is -0.325 e. The fourth-order valence-electron chi connectivity index (χ4n) is 2.55. The molecule has 10 heteroatoms. The zero-order valence-corrected chi connectivity index (χ0v) is 17.9. The average molecular weight is 446 g/mol. The Kier molecular flexibility index (Phi) is 7.34. The first-order valence-corrected chi connectivity index (χ1v) is 10.5. The van der Waals surface area contributed by atoms with E-state index < -0.39 is 39.6 Å². The SMILES string of the molecule is C[C@@H](N[C@H](C)c1ccc(F)c(F)c1)C(=O)Nc1ccc(Cl)c(S(=O)(=O)N(C)C)c1. The number of nitrogens with one attached hydrogen (secondary N) is 2. The number of nitrogens with zero attached hydrogens (tertiary/aromatic N) is 1. The van der Waals surface area contributed by atoms with Crippen molar-refractivity contribution in [3.05, 3.63) is 58.6 Å². The number of carbonyl (C=O) groups excluding carboxylic acids is 1. The molecule has 2 N–H and O–H groups in total. The highest BCUT2D eigenvalue weighted by Gasteiger charge is 2.22. The number of hydrogen-bond donors (Lipinski definition) is 2. The standard InChI is InChI=1S/C19H22ClF2N3O3S/c1-11(13-5-8-16(21)17(22)9-13)23-12(2)19(26)24-14-6-7-15(20)18(10-14)29(27,28)25(3)4/h5-12,23H,1-4H3,(H,24,26)/t11-,12-/m1/s1. The van der Waals surface area contributed by atoms with Crippen LogP contribution in [-0.4, -0.2) is 38.8 Å². The zero-order chi connectivity index (χ0) is 21.9. The highest BCUT2D eigenvalue weighted by atomic mass is 35.5. The van der Waals surface area contributed by atoms with Crippen molar-refractivity contribution >= 4 is 33.2 Å². The fraction of sp³-hybridized carbons (Fsp3) is 0.316. The number of sulfonamides is 1. The van der Waals surface area contributed by atoms with Crippen LogP contribution >= 0.6 is 11.6 Å². The Morgan fingerprint density at radius 1 is 1.07 bits per heavy atom. The lowest BCUT2D eigenvalue weighted by Crippen LogP contribution is -2.39. The molecule has 0 unspecified atom stereocenters. The number of carbonyl (C=O) groups is 1. The number of halogens is 3. The summed E-state index contributed by atoms with van der Waals surface area (Å²) in [5.41, 5.74) is 0.739. The number of anilines is 1. The van der Waals surface area contributed by atoms with Gasteiger partial charge in [-0.3, -0.25) is 10.1 Å². The fourth-order valence-corrected chi connectivity index (χ4v) is 3.95. The second-order valence-electron chi connectivity index (χ2n) is 6.71. The lowest BCUT2D eigenvalue weighted by molar-refractivity contribution is -0.117. The molecule has 0 fully saturated rings. The highest BCUT2D eigenvalue weighted by molar-refractivity contribution is 7.89. The van der Waals surface area contributed by atoms with Gasteiger partial charge in [0.1, 0.15) is 4.90 Å². The normalized spacial score (nSPS) is 13.9. The van der Waals surface area contributed by atoms with Gasteiger partial charge in [-0.05, 0) is 49.7 Å². The molecule has 6 nitrogen and oxygen atoms in total. The Bertz CT molecular complexity index is 1020. The number of benzene rings is 2.